The van der Waals surface area contributed by atoms with Gasteiger partial charge in [0, 0.05) is 17.8 Å². The van der Waals surface area contributed by atoms with Crippen LogP contribution in [0.25, 0.3) is 5.78 Å². The molecule has 3 rings (SSSR count). The minimum Gasteiger partial charge on any atom is -0.366 e. The summed E-state index contributed by atoms with van der Waals surface area (Å²) in [6, 6.07) is 2.29. The van der Waals surface area contributed by atoms with Crippen molar-refractivity contribution in [1.82, 2.24) is 19.6 Å². The van der Waals surface area contributed by atoms with Gasteiger partial charge >= 0.3 is 0 Å². The van der Waals surface area contributed by atoms with Crippen LogP contribution in [0.4, 0.5) is 5.82 Å². The van der Waals surface area contributed by atoms with Crippen molar-refractivity contribution in [3.05, 3.63) is 18.1 Å². The highest BCUT2D eigenvalue weighted by Gasteiger charge is 2.23. The second-order valence-electron chi connectivity index (χ2n) is 4.81. The fourth-order valence-corrected chi connectivity index (χ4v) is 2.81. The fourth-order valence-electron chi connectivity index (χ4n) is 2.47. The third-order valence-electron chi connectivity index (χ3n) is 3.39. The topological polar surface area (TPSA) is 55.1 Å². The zero-order chi connectivity index (χ0) is 12.5. The minimum absolute atomic E-state index is 0.186. The molecule has 96 valence electrons. The van der Waals surface area contributed by atoms with Gasteiger partial charge in [0.2, 0.25) is 0 Å². The summed E-state index contributed by atoms with van der Waals surface area (Å²) in [6.45, 7) is 1.96. The van der Waals surface area contributed by atoms with Crippen LogP contribution in [0.2, 0.25) is 0 Å². The van der Waals surface area contributed by atoms with Crippen molar-refractivity contribution < 1.29 is 0 Å². The van der Waals surface area contributed by atoms with Gasteiger partial charge in [-0.3, -0.25) is 0 Å². The number of anilines is 1. The maximum absolute atomic E-state index is 6.37. The summed E-state index contributed by atoms with van der Waals surface area (Å²) < 4.78 is 1.73. The van der Waals surface area contributed by atoms with E-state index in [0.29, 0.717) is 11.8 Å². The molecule has 1 fully saturated rings. The number of aryl methyl sites for hydroxylation is 1. The van der Waals surface area contributed by atoms with Crippen LogP contribution in [0.15, 0.2) is 12.4 Å². The molecule has 18 heavy (non-hydrogen) atoms. The molecule has 6 heteroatoms. The van der Waals surface area contributed by atoms with E-state index in [-0.39, 0.29) is 5.38 Å². The number of hydrogen-bond acceptors (Lipinski definition) is 4. The lowest BCUT2D eigenvalue weighted by Crippen LogP contribution is -2.33. The van der Waals surface area contributed by atoms with Crippen LogP contribution in [0.3, 0.4) is 0 Å². The smallest absolute Gasteiger partial charge is 0.254 e. The monoisotopic (exact) mass is 265 g/mol. The van der Waals surface area contributed by atoms with Gasteiger partial charge in [-0.25, -0.2) is 4.98 Å². The number of nitrogens with one attached hydrogen (secondary N) is 1. The van der Waals surface area contributed by atoms with E-state index in [1.807, 2.05) is 13.0 Å². The lowest BCUT2D eigenvalue weighted by Gasteiger charge is -2.28. The van der Waals surface area contributed by atoms with Crippen molar-refractivity contribution in [2.75, 3.05) is 5.32 Å². The Morgan fingerprint density at radius 3 is 3.06 bits per heavy atom. The number of halogens is 1. The summed E-state index contributed by atoms with van der Waals surface area (Å²) in [6.07, 6.45) is 6.15. The summed E-state index contributed by atoms with van der Waals surface area (Å²) in [4.78, 5) is 8.44. The number of nitrogens with zero attached hydrogens (tertiary/aromatic N) is 4. The van der Waals surface area contributed by atoms with E-state index >= 15 is 0 Å². The van der Waals surface area contributed by atoms with E-state index in [2.05, 4.69) is 20.4 Å². The summed E-state index contributed by atoms with van der Waals surface area (Å²) in [5.41, 5.74) is 0.930. The Kier molecular flexibility index (Phi) is 3.07. The van der Waals surface area contributed by atoms with Crippen LogP contribution in [0, 0.1) is 6.92 Å². The minimum atomic E-state index is 0.186. The Bertz CT molecular complexity index is 552. The maximum atomic E-state index is 6.37. The Balaban J connectivity index is 1.91. The zero-order valence-electron chi connectivity index (χ0n) is 10.3. The van der Waals surface area contributed by atoms with Crippen molar-refractivity contribution in [1.29, 1.82) is 0 Å². The molecule has 2 aromatic rings. The van der Waals surface area contributed by atoms with Gasteiger partial charge in [0.1, 0.15) is 12.1 Å². The number of aromatic nitrogens is 4. The van der Waals surface area contributed by atoms with Gasteiger partial charge in [-0.2, -0.15) is 14.6 Å². The van der Waals surface area contributed by atoms with Gasteiger partial charge in [-0.1, -0.05) is 12.8 Å². The number of alkyl halides is 1. The SMILES string of the molecule is Cc1cc(NC2CCCCC2Cl)n2ncnc2n1. The average molecular weight is 266 g/mol. The highest BCUT2D eigenvalue weighted by atomic mass is 35.5. The molecule has 0 spiro atoms. The lowest BCUT2D eigenvalue weighted by atomic mass is 9.95. The fraction of sp³-hybridized carbons (Fsp3) is 0.583. The molecule has 1 aliphatic carbocycles. The van der Waals surface area contributed by atoms with Crippen molar-refractivity contribution in [2.24, 2.45) is 0 Å². The van der Waals surface area contributed by atoms with Gasteiger partial charge < -0.3 is 5.32 Å². The van der Waals surface area contributed by atoms with Crippen molar-refractivity contribution in [3.63, 3.8) is 0 Å². The van der Waals surface area contributed by atoms with E-state index < -0.39 is 0 Å². The van der Waals surface area contributed by atoms with E-state index in [1.54, 1.807) is 4.52 Å². The first-order chi connectivity index (χ1) is 8.74. The van der Waals surface area contributed by atoms with Crippen molar-refractivity contribution in [2.45, 2.75) is 44.0 Å². The Labute approximate surface area is 111 Å². The van der Waals surface area contributed by atoms with E-state index in [9.17, 15) is 0 Å². The second-order valence-corrected chi connectivity index (χ2v) is 5.37. The largest absolute Gasteiger partial charge is 0.366 e. The van der Waals surface area contributed by atoms with Gasteiger partial charge in [0.05, 0.1) is 5.38 Å². The van der Waals surface area contributed by atoms with E-state index in [4.69, 9.17) is 11.6 Å². The van der Waals surface area contributed by atoms with Crippen LogP contribution in [0.1, 0.15) is 31.4 Å². The van der Waals surface area contributed by atoms with Crippen LogP contribution in [-0.2, 0) is 0 Å². The number of hydrogen-bond donors (Lipinski definition) is 1. The molecule has 2 unspecified atom stereocenters. The standard InChI is InChI=1S/C12H16ClN5/c1-8-6-11(18-12(16-8)14-7-15-18)17-10-5-3-2-4-9(10)13/h6-7,9-10,17H,2-5H2,1H3. The first-order valence-electron chi connectivity index (χ1n) is 6.32. The molecule has 0 saturated heterocycles. The Hall–Kier alpha value is -1.36. The molecule has 0 amide bonds. The molecule has 5 nitrogen and oxygen atoms in total. The molecule has 0 bridgehead atoms. The number of rotatable bonds is 2. The highest BCUT2D eigenvalue weighted by Crippen LogP contribution is 2.26. The van der Waals surface area contributed by atoms with Crippen LogP contribution in [0.5, 0.6) is 0 Å². The highest BCUT2D eigenvalue weighted by molar-refractivity contribution is 6.21. The lowest BCUT2D eigenvalue weighted by molar-refractivity contribution is 0.468. The summed E-state index contributed by atoms with van der Waals surface area (Å²) in [5, 5.41) is 7.86. The summed E-state index contributed by atoms with van der Waals surface area (Å²) >= 11 is 6.37. The molecule has 1 saturated carbocycles. The molecule has 2 atom stereocenters. The predicted octanol–water partition coefficient (Wildman–Crippen LogP) is 2.39. The average Bonchev–Trinajstić information content (AvgIpc) is 2.80. The molecular weight excluding hydrogens is 250 g/mol. The number of fused-ring (bicyclic) bond motifs is 1. The van der Waals surface area contributed by atoms with Gasteiger partial charge in [-0.15, -0.1) is 11.6 Å². The maximum Gasteiger partial charge on any atom is 0.254 e. The summed E-state index contributed by atoms with van der Waals surface area (Å²) in [5.74, 6) is 1.55. The van der Waals surface area contributed by atoms with Crippen LogP contribution >= 0.6 is 11.6 Å². The van der Waals surface area contributed by atoms with Crippen LogP contribution in [-0.4, -0.2) is 31.0 Å². The van der Waals surface area contributed by atoms with Gasteiger partial charge in [0.25, 0.3) is 5.78 Å². The molecule has 2 aromatic heterocycles. The second kappa shape index (κ2) is 4.72. The van der Waals surface area contributed by atoms with Crippen molar-refractivity contribution >= 4 is 23.2 Å². The Morgan fingerprint density at radius 2 is 2.22 bits per heavy atom. The van der Waals surface area contributed by atoms with Crippen molar-refractivity contribution in [3.8, 4) is 0 Å². The van der Waals surface area contributed by atoms with Crippen LogP contribution < -0.4 is 5.32 Å². The first-order valence-corrected chi connectivity index (χ1v) is 6.75. The van der Waals surface area contributed by atoms with E-state index in [0.717, 1.165) is 24.4 Å². The van der Waals surface area contributed by atoms with E-state index in [1.165, 1.54) is 19.2 Å². The zero-order valence-corrected chi connectivity index (χ0v) is 11.1. The quantitative estimate of drug-likeness (QED) is 0.847. The van der Waals surface area contributed by atoms with Gasteiger partial charge in [0.15, 0.2) is 0 Å². The molecular formula is C12H16ClN5. The molecule has 2 heterocycles. The summed E-state index contributed by atoms with van der Waals surface area (Å²) in [7, 11) is 0. The molecule has 1 N–H and O–H groups in total. The molecule has 0 aliphatic heterocycles. The molecule has 0 aromatic carbocycles. The first kappa shape index (κ1) is 11.7. The predicted molar refractivity (Wildman–Crippen MR) is 71.0 cm³/mol. The third-order valence-corrected chi connectivity index (χ3v) is 3.92. The molecule has 0 radical (unpaired) electrons. The third kappa shape index (κ3) is 2.14. The molecule has 1 aliphatic rings. The Morgan fingerprint density at radius 1 is 1.39 bits per heavy atom. The normalized spacial score (nSPS) is 24.3. The van der Waals surface area contributed by atoms with Gasteiger partial charge in [-0.05, 0) is 19.8 Å².